The van der Waals surface area contributed by atoms with Crippen molar-refractivity contribution in [2.75, 3.05) is 31.4 Å². The van der Waals surface area contributed by atoms with Crippen molar-refractivity contribution in [2.45, 2.75) is 38.5 Å². The van der Waals surface area contributed by atoms with Gasteiger partial charge in [0.25, 0.3) is 0 Å². The molecule has 11 heteroatoms. The van der Waals surface area contributed by atoms with Crippen molar-refractivity contribution in [3.8, 4) is 17.2 Å². The molecule has 0 aliphatic heterocycles. The van der Waals surface area contributed by atoms with Crippen LogP contribution in [0.25, 0.3) is 22.3 Å². The first kappa shape index (κ1) is 24.0. The van der Waals surface area contributed by atoms with E-state index in [0.717, 1.165) is 5.39 Å². The number of aliphatic hydroxyl groups excluding tert-OH is 3. The molecule has 0 saturated heterocycles. The topological polar surface area (TPSA) is 146 Å². The van der Waals surface area contributed by atoms with Crippen molar-refractivity contribution in [2.24, 2.45) is 5.92 Å². The zero-order valence-electron chi connectivity index (χ0n) is 18.3. The summed E-state index contributed by atoms with van der Waals surface area (Å²) in [6, 6.07) is 3.18. The molecule has 3 aromatic rings. The number of rotatable bonds is 6. The maximum absolute atomic E-state index is 10.5. The van der Waals surface area contributed by atoms with Gasteiger partial charge in [-0.1, -0.05) is 0 Å². The quantitative estimate of drug-likeness (QED) is 0.365. The van der Waals surface area contributed by atoms with Gasteiger partial charge in [0, 0.05) is 31.0 Å². The maximum Gasteiger partial charge on any atom is 0.224 e. The fourth-order valence-electron chi connectivity index (χ4n) is 4.11. The predicted molar refractivity (Wildman–Crippen MR) is 122 cm³/mol. The summed E-state index contributed by atoms with van der Waals surface area (Å²) in [5.41, 5.74) is 2.64. The van der Waals surface area contributed by atoms with Crippen LogP contribution in [-0.2, 0) is 0 Å². The second-order valence-electron chi connectivity index (χ2n) is 7.80. The minimum absolute atomic E-state index is 0. The van der Waals surface area contributed by atoms with Crippen molar-refractivity contribution < 1.29 is 24.5 Å². The number of aryl methyl sites for hydroxylation is 2. The summed E-state index contributed by atoms with van der Waals surface area (Å²) in [7, 11) is 3.28. The Bertz CT molecular complexity index is 1110. The van der Waals surface area contributed by atoms with Crippen LogP contribution in [0.3, 0.4) is 0 Å². The van der Waals surface area contributed by atoms with Crippen molar-refractivity contribution >= 4 is 35.1 Å². The molecule has 0 aromatic carbocycles. The fraction of sp³-hybridized carbons (Fsp3) is 0.476. The molecular weight excluding hydrogens is 438 g/mol. The number of nitrogens with one attached hydrogen (secondary N) is 2. The molecule has 4 atom stereocenters. The first-order valence-electron chi connectivity index (χ1n) is 10.1. The molecule has 1 aliphatic rings. The lowest BCUT2D eigenvalue weighted by atomic mass is 10.1. The molecule has 3 aromatic heterocycles. The highest BCUT2D eigenvalue weighted by atomic mass is 35.5. The highest BCUT2D eigenvalue weighted by molar-refractivity contribution is 5.88. The molecule has 1 aliphatic carbocycles. The molecule has 0 radical (unpaired) electrons. The van der Waals surface area contributed by atoms with Crippen LogP contribution >= 0.6 is 12.4 Å². The Morgan fingerprint density at radius 2 is 1.88 bits per heavy atom. The van der Waals surface area contributed by atoms with Crippen LogP contribution in [-0.4, -0.2) is 69.3 Å². The molecule has 0 spiro atoms. The van der Waals surface area contributed by atoms with Gasteiger partial charge < -0.3 is 35.1 Å². The van der Waals surface area contributed by atoms with E-state index in [1.165, 1.54) is 0 Å². The van der Waals surface area contributed by atoms with Gasteiger partial charge in [-0.25, -0.2) is 9.97 Å². The first-order chi connectivity index (χ1) is 14.9. The minimum Gasteiger partial charge on any atom is -0.481 e. The predicted octanol–water partition coefficient (Wildman–Crippen LogP) is 1.89. The summed E-state index contributed by atoms with van der Waals surface area (Å²) in [4.78, 5) is 13.4. The standard InChI is InChI=1S/C21H27N5O5.ClH/c1-9-16(14-6-11-7-15(30-4)23-10(2)19(11)31-14)20(26-21(22-3)24-9)25-13-5-12(8-27)17(28)18(13)29;/h6-7,12-13,17-18,27-29H,5,8H2,1-4H3,(H2,22,24,25,26);1H/t12-,13-,17-,18+;/m1./s1. The third kappa shape index (κ3) is 4.18. The minimum atomic E-state index is -1.04. The Kier molecular flexibility index (Phi) is 7.09. The van der Waals surface area contributed by atoms with Gasteiger partial charge in [0.2, 0.25) is 11.8 Å². The second kappa shape index (κ2) is 9.45. The Morgan fingerprint density at radius 1 is 1.12 bits per heavy atom. The van der Waals surface area contributed by atoms with Crippen LogP contribution in [0.4, 0.5) is 11.8 Å². The number of methoxy groups -OCH3 is 1. The average molecular weight is 466 g/mol. The number of aliphatic hydroxyl groups is 3. The Labute approximate surface area is 191 Å². The maximum atomic E-state index is 10.5. The molecule has 3 heterocycles. The smallest absolute Gasteiger partial charge is 0.224 e. The lowest BCUT2D eigenvalue weighted by molar-refractivity contribution is 0.00446. The number of pyridine rings is 1. The number of anilines is 2. The van der Waals surface area contributed by atoms with Crippen LogP contribution in [0.5, 0.6) is 5.88 Å². The van der Waals surface area contributed by atoms with Crippen LogP contribution < -0.4 is 15.4 Å². The van der Waals surface area contributed by atoms with Crippen LogP contribution in [0.1, 0.15) is 17.8 Å². The van der Waals surface area contributed by atoms with Crippen LogP contribution in [0, 0.1) is 19.8 Å². The van der Waals surface area contributed by atoms with E-state index in [2.05, 4.69) is 25.6 Å². The van der Waals surface area contributed by atoms with Gasteiger partial charge >= 0.3 is 0 Å². The van der Waals surface area contributed by atoms with E-state index in [0.29, 0.717) is 52.4 Å². The highest BCUT2D eigenvalue weighted by Crippen LogP contribution is 2.38. The number of hydrogen-bond donors (Lipinski definition) is 5. The molecule has 0 bridgehead atoms. The molecule has 5 N–H and O–H groups in total. The summed E-state index contributed by atoms with van der Waals surface area (Å²) in [6.45, 7) is 3.49. The van der Waals surface area contributed by atoms with Gasteiger partial charge in [-0.2, -0.15) is 4.98 Å². The van der Waals surface area contributed by atoms with E-state index < -0.39 is 24.2 Å². The van der Waals surface area contributed by atoms with E-state index in [-0.39, 0.29) is 19.0 Å². The second-order valence-corrected chi connectivity index (χ2v) is 7.80. The van der Waals surface area contributed by atoms with E-state index in [9.17, 15) is 15.3 Å². The zero-order chi connectivity index (χ0) is 22.3. The summed E-state index contributed by atoms with van der Waals surface area (Å²) in [5.74, 6) is 1.50. The van der Waals surface area contributed by atoms with E-state index in [4.69, 9.17) is 9.15 Å². The van der Waals surface area contributed by atoms with Gasteiger partial charge in [0.1, 0.15) is 17.7 Å². The average Bonchev–Trinajstić information content (AvgIpc) is 3.29. The molecule has 10 nitrogen and oxygen atoms in total. The van der Waals surface area contributed by atoms with Crippen LogP contribution in [0.15, 0.2) is 16.5 Å². The zero-order valence-corrected chi connectivity index (χ0v) is 19.1. The van der Waals surface area contributed by atoms with Crippen molar-refractivity contribution in [1.29, 1.82) is 0 Å². The lowest BCUT2D eigenvalue weighted by Gasteiger charge is -2.21. The third-order valence-corrected chi connectivity index (χ3v) is 5.77. The molecule has 1 fully saturated rings. The number of ether oxygens (including phenoxy) is 1. The number of fused-ring (bicyclic) bond motifs is 1. The molecule has 0 amide bonds. The van der Waals surface area contributed by atoms with Crippen molar-refractivity contribution in [3.63, 3.8) is 0 Å². The van der Waals surface area contributed by atoms with Gasteiger partial charge in [-0.15, -0.1) is 12.4 Å². The summed E-state index contributed by atoms with van der Waals surface area (Å²) < 4.78 is 11.4. The van der Waals surface area contributed by atoms with E-state index in [1.54, 1.807) is 20.2 Å². The summed E-state index contributed by atoms with van der Waals surface area (Å²) in [5, 5.41) is 37.1. The normalized spacial score (nSPS) is 22.6. The Hall–Kier alpha value is -2.66. The highest BCUT2D eigenvalue weighted by Gasteiger charge is 2.41. The molecule has 174 valence electrons. The van der Waals surface area contributed by atoms with E-state index in [1.807, 2.05) is 19.9 Å². The molecule has 32 heavy (non-hydrogen) atoms. The molecule has 1 saturated carbocycles. The molecule has 4 rings (SSSR count). The first-order valence-corrected chi connectivity index (χ1v) is 10.1. The van der Waals surface area contributed by atoms with Crippen LogP contribution in [0.2, 0.25) is 0 Å². The summed E-state index contributed by atoms with van der Waals surface area (Å²) in [6.07, 6.45) is -1.65. The SMILES string of the molecule is CNc1nc(C)c(-c2cc3cc(OC)nc(C)c3o2)c(N[C@@H]2C[C@H](CO)[C@@H](O)[C@H]2O)n1.Cl. The van der Waals surface area contributed by atoms with E-state index >= 15 is 0 Å². The van der Waals surface area contributed by atoms with Gasteiger partial charge in [0.05, 0.1) is 36.2 Å². The van der Waals surface area contributed by atoms with Gasteiger partial charge in [0.15, 0.2) is 5.58 Å². The van der Waals surface area contributed by atoms with Gasteiger partial charge in [-0.3, -0.25) is 0 Å². The fourth-order valence-corrected chi connectivity index (χ4v) is 4.11. The molecular formula is C21H28ClN5O5. The molecule has 0 unspecified atom stereocenters. The number of nitrogens with zero attached hydrogens (tertiary/aromatic N) is 3. The van der Waals surface area contributed by atoms with Crippen molar-refractivity contribution in [3.05, 3.63) is 23.5 Å². The lowest BCUT2D eigenvalue weighted by Crippen LogP contribution is -2.35. The number of hydrogen-bond acceptors (Lipinski definition) is 10. The monoisotopic (exact) mass is 465 g/mol. The van der Waals surface area contributed by atoms with Crippen molar-refractivity contribution in [1.82, 2.24) is 15.0 Å². The third-order valence-electron chi connectivity index (χ3n) is 5.77. The summed E-state index contributed by atoms with van der Waals surface area (Å²) >= 11 is 0. The van der Waals surface area contributed by atoms with Gasteiger partial charge in [-0.05, 0) is 26.3 Å². The Morgan fingerprint density at radius 3 is 2.50 bits per heavy atom. The number of aromatic nitrogens is 3. The number of halogens is 1. The Balaban J connectivity index is 0.00000289. The largest absolute Gasteiger partial charge is 0.481 e. The number of furan rings is 1.